The summed E-state index contributed by atoms with van der Waals surface area (Å²) in [5.74, 6) is -1.83. The van der Waals surface area contributed by atoms with Gasteiger partial charge in [0, 0.05) is 5.56 Å². The Hall–Kier alpha value is -1.58. The summed E-state index contributed by atoms with van der Waals surface area (Å²) >= 11 is 0. The number of rotatable bonds is 2. The van der Waals surface area contributed by atoms with Crippen molar-refractivity contribution < 1.29 is 13.6 Å². The van der Waals surface area contributed by atoms with E-state index in [0.29, 0.717) is 0 Å². The predicted octanol–water partition coefficient (Wildman–Crippen LogP) is 1.96. The predicted molar refractivity (Wildman–Crippen MR) is 43.9 cm³/mol. The zero-order valence-corrected chi connectivity index (χ0v) is 6.92. The van der Waals surface area contributed by atoms with Gasteiger partial charge in [0.1, 0.15) is 0 Å². The molecule has 0 saturated heterocycles. The highest BCUT2D eigenvalue weighted by Gasteiger charge is 2.04. The molecule has 0 spiro atoms. The van der Waals surface area contributed by atoms with Gasteiger partial charge >= 0.3 is 0 Å². The first-order valence-corrected chi connectivity index (χ1v) is 3.59. The fourth-order valence-electron chi connectivity index (χ4n) is 0.781. The molecule has 68 valence electrons. The minimum atomic E-state index is -0.780. The zero-order valence-electron chi connectivity index (χ0n) is 6.92. The quantitative estimate of drug-likeness (QED) is 0.656. The summed E-state index contributed by atoms with van der Waals surface area (Å²) in [6.45, 7) is 1.30. The van der Waals surface area contributed by atoms with Crippen LogP contribution in [0.3, 0.4) is 0 Å². The van der Waals surface area contributed by atoms with Gasteiger partial charge in [-0.3, -0.25) is 9.78 Å². The van der Waals surface area contributed by atoms with Gasteiger partial charge in [0.2, 0.25) is 0 Å². The Bertz CT molecular complexity index is 340. The van der Waals surface area contributed by atoms with E-state index in [1.54, 1.807) is 0 Å². The number of pyridine rings is 1. The number of nitrogens with zero attached hydrogens (tertiary/aromatic N) is 1. The van der Waals surface area contributed by atoms with E-state index in [9.17, 15) is 13.6 Å². The Morgan fingerprint density at radius 3 is 2.38 bits per heavy atom. The number of hydrogen-bond donors (Lipinski definition) is 0. The SMILES string of the molecule is CC(=O)/C=C/c1c(F)cncc1F. The van der Waals surface area contributed by atoms with Crippen LogP contribution in [0.5, 0.6) is 0 Å². The first-order valence-electron chi connectivity index (χ1n) is 3.59. The maximum absolute atomic E-state index is 12.8. The highest BCUT2D eigenvalue weighted by Crippen LogP contribution is 2.11. The molecule has 0 aliphatic rings. The summed E-state index contributed by atoms with van der Waals surface area (Å²) < 4.78 is 25.7. The molecule has 0 atom stereocenters. The normalized spacial score (nSPS) is 10.7. The molecule has 2 nitrogen and oxygen atoms in total. The van der Waals surface area contributed by atoms with Gasteiger partial charge in [-0.2, -0.15) is 0 Å². The molecule has 0 bridgehead atoms. The van der Waals surface area contributed by atoms with Gasteiger partial charge < -0.3 is 0 Å². The number of carbonyl (C=O) groups excluding carboxylic acids is 1. The lowest BCUT2D eigenvalue weighted by molar-refractivity contribution is -0.112. The third kappa shape index (κ3) is 2.43. The van der Waals surface area contributed by atoms with Crippen LogP contribution in [-0.2, 0) is 4.79 Å². The van der Waals surface area contributed by atoms with Crippen LogP contribution in [-0.4, -0.2) is 10.8 Å². The topological polar surface area (TPSA) is 30.0 Å². The molecule has 0 aromatic carbocycles. The molecule has 4 heteroatoms. The number of carbonyl (C=O) groups is 1. The number of hydrogen-bond acceptors (Lipinski definition) is 2. The molecular formula is C9H7F2NO. The minimum Gasteiger partial charge on any atom is -0.295 e. The number of aromatic nitrogens is 1. The molecule has 0 unspecified atom stereocenters. The number of ketones is 1. The molecule has 0 saturated carbocycles. The van der Waals surface area contributed by atoms with Gasteiger partial charge in [0.15, 0.2) is 17.4 Å². The zero-order chi connectivity index (χ0) is 9.84. The average Bonchev–Trinajstić information content (AvgIpc) is 2.03. The van der Waals surface area contributed by atoms with E-state index in [2.05, 4.69) is 4.98 Å². The van der Waals surface area contributed by atoms with Crippen molar-refractivity contribution in [1.82, 2.24) is 4.98 Å². The van der Waals surface area contributed by atoms with E-state index < -0.39 is 11.6 Å². The van der Waals surface area contributed by atoms with Crippen LogP contribution < -0.4 is 0 Å². The van der Waals surface area contributed by atoms with Crippen molar-refractivity contribution in [2.24, 2.45) is 0 Å². The summed E-state index contributed by atoms with van der Waals surface area (Å²) in [7, 11) is 0. The largest absolute Gasteiger partial charge is 0.295 e. The van der Waals surface area contributed by atoms with Crippen LogP contribution in [0, 0.1) is 11.6 Å². The first-order chi connectivity index (χ1) is 6.11. The van der Waals surface area contributed by atoms with Crippen LogP contribution in [0.4, 0.5) is 8.78 Å². The second-order valence-corrected chi connectivity index (χ2v) is 2.46. The summed E-state index contributed by atoms with van der Waals surface area (Å²) in [5, 5.41) is 0. The molecule has 0 fully saturated rings. The van der Waals surface area contributed by atoms with Crippen molar-refractivity contribution in [2.75, 3.05) is 0 Å². The standard InChI is InChI=1S/C9H7F2NO/c1-6(13)2-3-7-8(10)4-12-5-9(7)11/h2-5H,1H3/b3-2+. The fourth-order valence-corrected chi connectivity index (χ4v) is 0.781. The highest BCUT2D eigenvalue weighted by molar-refractivity contribution is 5.91. The molecule has 0 radical (unpaired) electrons. The van der Waals surface area contributed by atoms with Crippen molar-refractivity contribution >= 4 is 11.9 Å². The Morgan fingerprint density at radius 1 is 1.38 bits per heavy atom. The van der Waals surface area contributed by atoms with E-state index in [1.807, 2.05) is 0 Å². The van der Waals surface area contributed by atoms with Crippen molar-refractivity contribution in [3.05, 3.63) is 35.7 Å². The Labute approximate surface area is 73.9 Å². The third-order valence-corrected chi connectivity index (χ3v) is 1.38. The van der Waals surface area contributed by atoms with Gasteiger partial charge in [-0.25, -0.2) is 8.78 Å². The van der Waals surface area contributed by atoms with Crippen molar-refractivity contribution in [1.29, 1.82) is 0 Å². The van der Waals surface area contributed by atoms with Crippen molar-refractivity contribution in [3.8, 4) is 0 Å². The Balaban J connectivity index is 3.06. The number of halogens is 2. The molecule has 1 aromatic rings. The van der Waals surface area contributed by atoms with Gasteiger partial charge in [-0.1, -0.05) is 0 Å². The minimum absolute atomic E-state index is 0.245. The van der Waals surface area contributed by atoms with Crippen LogP contribution in [0.1, 0.15) is 12.5 Å². The van der Waals surface area contributed by atoms with Crippen molar-refractivity contribution in [3.63, 3.8) is 0 Å². The molecule has 0 N–H and O–H groups in total. The van der Waals surface area contributed by atoms with Crippen LogP contribution >= 0.6 is 0 Å². The number of allylic oxidation sites excluding steroid dienone is 1. The molecule has 1 aromatic heterocycles. The Morgan fingerprint density at radius 2 is 1.92 bits per heavy atom. The van der Waals surface area contributed by atoms with E-state index in [-0.39, 0.29) is 11.3 Å². The molecule has 0 aliphatic carbocycles. The van der Waals surface area contributed by atoms with Gasteiger partial charge in [-0.05, 0) is 19.1 Å². The van der Waals surface area contributed by atoms with E-state index >= 15 is 0 Å². The molecule has 1 rings (SSSR count). The summed E-state index contributed by atoms with van der Waals surface area (Å²) in [6.07, 6.45) is 3.97. The van der Waals surface area contributed by atoms with Crippen LogP contribution in [0.25, 0.3) is 6.08 Å². The van der Waals surface area contributed by atoms with Crippen LogP contribution in [0.15, 0.2) is 18.5 Å². The molecule has 1 heterocycles. The molecule has 13 heavy (non-hydrogen) atoms. The summed E-state index contributed by atoms with van der Waals surface area (Å²) in [6, 6.07) is 0. The molecule has 0 amide bonds. The maximum Gasteiger partial charge on any atom is 0.152 e. The average molecular weight is 183 g/mol. The molecular weight excluding hydrogens is 176 g/mol. The van der Waals surface area contributed by atoms with E-state index in [1.165, 1.54) is 6.92 Å². The third-order valence-electron chi connectivity index (χ3n) is 1.38. The fraction of sp³-hybridized carbons (Fsp3) is 0.111. The highest BCUT2D eigenvalue weighted by atomic mass is 19.1. The lowest BCUT2D eigenvalue weighted by Crippen LogP contribution is -1.91. The van der Waals surface area contributed by atoms with Crippen molar-refractivity contribution in [2.45, 2.75) is 6.92 Å². The smallest absolute Gasteiger partial charge is 0.152 e. The van der Waals surface area contributed by atoms with Gasteiger partial charge in [0.05, 0.1) is 12.4 Å². The van der Waals surface area contributed by atoms with Crippen LogP contribution in [0.2, 0.25) is 0 Å². The van der Waals surface area contributed by atoms with Gasteiger partial charge in [0.25, 0.3) is 0 Å². The molecule has 0 aliphatic heterocycles. The second-order valence-electron chi connectivity index (χ2n) is 2.46. The second kappa shape index (κ2) is 3.89. The monoisotopic (exact) mass is 183 g/mol. The van der Waals surface area contributed by atoms with E-state index in [0.717, 1.165) is 24.5 Å². The lowest BCUT2D eigenvalue weighted by atomic mass is 10.2. The summed E-state index contributed by atoms with van der Waals surface area (Å²) in [4.78, 5) is 13.8. The maximum atomic E-state index is 12.8. The Kier molecular flexibility index (Phi) is 2.84. The lowest BCUT2D eigenvalue weighted by Gasteiger charge is -1.96. The first kappa shape index (κ1) is 9.51. The van der Waals surface area contributed by atoms with Gasteiger partial charge in [-0.15, -0.1) is 0 Å². The summed E-state index contributed by atoms with van der Waals surface area (Å²) in [5.41, 5.74) is -0.245. The van der Waals surface area contributed by atoms with E-state index in [4.69, 9.17) is 0 Å².